The molecule has 1 heterocycles. The molecular formula is C11H20N4S. The summed E-state index contributed by atoms with van der Waals surface area (Å²) in [6.45, 7) is 4.61. The van der Waals surface area contributed by atoms with E-state index in [0.717, 1.165) is 23.4 Å². The number of rotatable bonds is 3. The van der Waals surface area contributed by atoms with Crippen molar-refractivity contribution in [3.63, 3.8) is 0 Å². The van der Waals surface area contributed by atoms with Gasteiger partial charge in [-0.15, -0.1) is 0 Å². The molecule has 1 aromatic heterocycles. The predicted octanol–water partition coefficient (Wildman–Crippen LogP) is 2.05. The molecule has 1 aliphatic carbocycles. The lowest BCUT2D eigenvalue weighted by Gasteiger charge is -2.35. The number of aromatic amines is 1. The standard InChI is InChI=1S/C11H20N4S/c1-7(2)8-3-4-9(12)10(5-8)16-11-13-6-14-15-11/h6-10H,3-5,12H2,1-2H3,(H,13,14,15). The van der Waals surface area contributed by atoms with Crippen molar-refractivity contribution >= 4 is 11.8 Å². The van der Waals surface area contributed by atoms with Gasteiger partial charge in [0.2, 0.25) is 0 Å². The Morgan fingerprint density at radius 2 is 2.31 bits per heavy atom. The summed E-state index contributed by atoms with van der Waals surface area (Å²) in [5.74, 6) is 1.56. The molecule has 1 saturated carbocycles. The highest BCUT2D eigenvalue weighted by atomic mass is 32.2. The number of thioether (sulfide) groups is 1. The average Bonchev–Trinajstić information content (AvgIpc) is 2.73. The van der Waals surface area contributed by atoms with E-state index in [-0.39, 0.29) is 0 Å². The molecule has 90 valence electrons. The Kier molecular flexibility index (Phi) is 3.86. The highest BCUT2D eigenvalue weighted by molar-refractivity contribution is 7.99. The lowest BCUT2D eigenvalue weighted by atomic mass is 9.79. The minimum atomic E-state index is 0.296. The summed E-state index contributed by atoms with van der Waals surface area (Å²) in [7, 11) is 0. The number of aromatic nitrogens is 3. The molecule has 0 aromatic carbocycles. The van der Waals surface area contributed by atoms with Gasteiger partial charge < -0.3 is 5.73 Å². The highest BCUT2D eigenvalue weighted by Gasteiger charge is 2.30. The lowest BCUT2D eigenvalue weighted by molar-refractivity contribution is 0.266. The second kappa shape index (κ2) is 5.19. The van der Waals surface area contributed by atoms with Gasteiger partial charge in [-0.25, -0.2) is 4.98 Å². The molecule has 0 saturated heterocycles. The van der Waals surface area contributed by atoms with Crippen LogP contribution in [-0.4, -0.2) is 26.5 Å². The van der Waals surface area contributed by atoms with Gasteiger partial charge in [-0.05, 0) is 31.1 Å². The van der Waals surface area contributed by atoms with E-state index < -0.39 is 0 Å². The van der Waals surface area contributed by atoms with E-state index in [4.69, 9.17) is 5.73 Å². The molecule has 2 rings (SSSR count). The molecule has 4 nitrogen and oxygen atoms in total. The van der Waals surface area contributed by atoms with E-state index >= 15 is 0 Å². The first-order valence-corrected chi connectivity index (χ1v) is 6.82. The predicted molar refractivity (Wildman–Crippen MR) is 66.2 cm³/mol. The van der Waals surface area contributed by atoms with Gasteiger partial charge in [0, 0.05) is 11.3 Å². The fourth-order valence-electron chi connectivity index (χ4n) is 2.32. The van der Waals surface area contributed by atoms with Crippen LogP contribution in [0.1, 0.15) is 33.1 Å². The Hall–Kier alpha value is -0.550. The Morgan fingerprint density at radius 3 is 2.94 bits per heavy atom. The molecule has 1 aromatic rings. The molecule has 0 bridgehead atoms. The number of hydrogen-bond donors (Lipinski definition) is 2. The van der Waals surface area contributed by atoms with Crippen molar-refractivity contribution in [3.8, 4) is 0 Å². The Morgan fingerprint density at radius 1 is 1.50 bits per heavy atom. The molecule has 0 amide bonds. The molecule has 3 unspecified atom stereocenters. The minimum absolute atomic E-state index is 0.296. The summed E-state index contributed by atoms with van der Waals surface area (Å²) in [5.41, 5.74) is 6.18. The van der Waals surface area contributed by atoms with Gasteiger partial charge in [-0.2, -0.15) is 5.10 Å². The van der Waals surface area contributed by atoms with Crippen molar-refractivity contribution < 1.29 is 0 Å². The number of nitrogens with zero attached hydrogens (tertiary/aromatic N) is 2. The van der Waals surface area contributed by atoms with Crippen LogP contribution in [0.5, 0.6) is 0 Å². The van der Waals surface area contributed by atoms with Gasteiger partial charge in [0.25, 0.3) is 0 Å². The Balaban J connectivity index is 1.96. The molecule has 3 N–H and O–H groups in total. The monoisotopic (exact) mass is 240 g/mol. The third kappa shape index (κ3) is 2.77. The van der Waals surface area contributed by atoms with Crippen LogP contribution in [0.2, 0.25) is 0 Å². The molecule has 16 heavy (non-hydrogen) atoms. The number of H-pyrrole nitrogens is 1. The zero-order valence-electron chi connectivity index (χ0n) is 9.89. The van der Waals surface area contributed by atoms with Crippen molar-refractivity contribution in [3.05, 3.63) is 6.33 Å². The van der Waals surface area contributed by atoms with Crippen LogP contribution in [0.4, 0.5) is 0 Å². The molecular weight excluding hydrogens is 220 g/mol. The quantitative estimate of drug-likeness (QED) is 0.848. The maximum Gasteiger partial charge on any atom is 0.183 e. The second-order valence-corrected chi connectivity index (χ2v) is 6.16. The van der Waals surface area contributed by atoms with Crippen molar-refractivity contribution in [2.45, 2.75) is 49.6 Å². The van der Waals surface area contributed by atoms with Crippen molar-refractivity contribution in [1.29, 1.82) is 0 Å². The van der Waals surface area contributed by atoms with E-state index in [1.165, 1.54) is 12.8 Å². The highest BCUT2D eigenvalue weighted by Crippen LogP contribution is 2.37. The van der Waals surface area contributed by atoms with E-state index in [9.17, 15) is 0 Å². The Labute approximate surface area is 101 Å². The third-order valence-corrected chi connectivity index (χ3v) is 4.75. The van der Waals surface area contributed by atoms with E-state index in [0.29, 0.717) is 11.3 Å². The summed E-state index contributed by atoms with van der Waals surface area (Å²) >= 11 is 1.75. The van der Waals surface area contributed by atoms with E-state index in [1.807, 2.05) is 0 Å². The summed E-state index contributed by atoms with van der Waals surface area (Å²) < 4.78 is 0. The summed E-state index contributed by atoms with van der Waals surface area (Å²) in [5, 5.41) is 8.14. The van der Waals surface area contributed by atoms with Gasteiger partial charge in [0.1, 0.15) is 6.33 Å². The Bertz CT molecular complexity index is 312. The number of nitrogens with one attached hydrogen (secondary N) is 1. The van der Waals surface area contributed by atoms with Crippen molar-refractivity contribution in [2.75, 3.05) is 0 Å². The second-order valence-electron chi connectivity index (χ2n) is 4.93. The first kappa shape index (κ1) is 11.9. The zero-order chi connectivity index (χ0) is 11.5. The zero-order valence-corrected chi connectivity index (χ0v) is 10.7. The number of hydrogen-bond acceptors (Lipinski definition) is 4. The molecule has 5 heteroatoms. The van der Waals surface area contributed by atoms with E-state index in [2.05, 4.69) is 29.0 Å². The minimum Gasteiger partial charge on any atom is -0.327 e. The first-order valence-electron chi connectivity index (χ1n) is 5.94. The fourth-order valence-corrected chi connectivity index (χ4v) is 3.47. The largest absolute Gasteiger partial charge is 0.327 e. The van der Waals surface area contributed by atoms with Gasteiger partial charge >= 0.3 is 0 Å². The van der Waals surface area contributed by atoms with Crippen molar-refractivity contribution in [2.24, 2.45) is 17.6 Å². The SMILES string of the molecule is CC(C)C1CCC(N)C(Sc2ncn[nH]2)C1. The maximum absolute atomic E-state index is 6.18. The van der Waals surface area contributed by atoms with Crippen molar-refractivity contribution in [1.82, 2.24) is 15.2 Å². The molecule has 1 fully saturated rings. The smallest absolute Gasteiger partial charge is 0.183 e. The molecule has 0 aliphatic heterocycles. The summed E-state index contributed by atoms with van der Waals surface area (Å²) in [4.78, 5) is 4.16. The molecule has 1 aliphatic rings. The van der Waals surface area contributed by atoms with Crippen LogP contribution in [0.3, 0.4) is 0 Å². The van der Waals surface area contributed by atoms with Gasteiger partial charge in [0.15, 0.2) is 5.16 Å². The van der Waals surface area contributed by atoms with Gasteiger partial charge in [-0.1, -0.05) is 25.6 Å². The summed E-state index contributed by atoms with van der Waals surface area (Å²) in [6.07, 6.45) is 5.15. The third-order valence-electron chi connectivity index (χ3n) is 3.48. The topological polar surface area (TPSA) is 67.6 Å². The van der Waals surface area contributed by atoms with Crippen LogP contribution in [0.25, 0.3) is 0 Å². The van der Waals surface area contributed by atoms with Crippen LogP contribution < -0.4 is 5.73 Å². The fraction of sp³-hybridized carbons (Fsp3) is 0.818. The first-order chi connectivity index (χ1) is 7.66. The van der Waals surface area contributed by atoms with Gasteiger partial charge in [0.05, 0.1) is 0 Å². The van der Waals surface area contributed by atoms with Crippen LogP contribution >= 0.6 is 11.8 Å². The number of nitrogens with two attached hydrogens (primary N) is 1. The van der Waals surface area contributed by atoms with Gasteiger partial charge in [-0.3, -0.25) is 5.10 Å². The normalized spacial score (nSPS) is 30.9. The maximum atomic E-state index is 6.18. The van der Waals surface area contributed by atoms with Crippen LogP contribution in [0, 0.1) is 11.8 Å². The van der Waals surface area contributed by atoms with Crippen LogP contribution in [-0.2, 0) is 0 Å². The molecule has 0 spiro atoms. The molecule has 0 radical (unpaired) electrons. The van der Waals surface area contributed by atoms with Crippen LogP contribution in [0.15, 0.2) is 11.5 Å². The average molecular weight is 240 g/mol. The molecule has 3 atom stereocenters. The lowest BCUT2D eigenvalue weighted by Crippen LogP contribution is -2.39. The summed E-state index contributed by atoms with van der Waals surface area (Å²) in [6, 6.07) is 0.296. The van der Waals surface area contributed by atoms with E-state index in [1.54, 1.807) is 18.1 Å².